The third-order valence-corrected chi connectivity index (χ3v) is 11.5. The molecule has 0 aromatic heterocycles. The number of nitrogens with two attached hydrogens (primary N) is 1. The second-order valence-corrected chi connectivity index (χ2v) is 14.0. The summed E-state index contributed by atoms with van der Waals surface area (Å²) in [5.41, 5.74) is 9.12. The fourth-order valence-electron chi connectivity index (χ4n) is 5.43. The van der Waals surface area contributed by atoms with Crippen LogP contribution in [-0.4, -0.2) is 56.5 Å². The fourth-order valence-corrected chi connectivity index (χ4v) is 8.02. The van der Waals surface area contributed by atoms with Crippen LogP contribution in [0.1, 0.15) is 60.3 Å². The van der Waals surface area contributed by atoms with Crippen molar-refractivity contribution >= 4 is 49.0 Å². The Bertz CT molecular complexity index is 1130. The van der Waals surface area contributed by atoms with Gasteiger partial charge in [0.2, 0.25) is 15.9 Å². The molecule has 2 aliphatic heterocycles. The van der Waals surface area contributed by atoms with E-state index < -0.39 is 10.0 Å². The van der Waals surface area contributed by atoms with Crippen LogP contribution in [0, 0.1) is 17.8 Å². The minimum absolute atomic E-state index is 0.0846. The van der Waals surface area contributed by atoms with Gasteiger partial charge in [0.1, 0.15) is 0 Å². The first-order chi connectivity index (χ1) is 19.4. The molecule has 1 aromatic rings. The zero-order valence-corrected chi connectivity index (χ0v) is 29.2. The number of carbonyl (C=O) groups excluding carboxylic acids is 2. The molecule has 0 saturated carbocycles. The Balaban J connectivity index is 0.000000410. The monoisotopic (exact) mass is 807 g/mol. The van der Waals surface area contributed by atoms with Crippen molar-refractivity contribution in [2.45, 2.75) is 82.5 Å². The summed E-state index contributed by atoms with van der Waals surface area (Å²) in [6.07, 6.45) is 3.03. The number of amides is 3. The third kappa shape index (κ3) is 10.2. The number of fused-ring (bicyclic) bond motifs is 1. The first-order valence-corrected chi connectivity index (χ1v) is 19.5. The number of anilines is 1. The quantitative estimate of drug-likeness (QED) is 0.134. The molecule has 2 heterocycles. The van der Waals surface area contributed by atoms with Gasteiger partial charge in [0.05, 0.1) is 17.0 Å². The number of hydrogen-bond donors (Lipinski definition) is 5. The first kappa shape index (κ1) is 36.1. The SMILES string of the molecule is CC1=C(C)C(C)C(C)C1C.NCCNS(=O)(=O)c1ccc(NC(=O)CCCC[C@@H]2SC[C@@H]3NC(=O)N[C@@H]32)cc1.[Cl][Ir+2]. The van der Waals surface area contributed by atoms with Gasteiger partial charge in [-0.1, -0.05) is 38.3 Å². The second-order valence-electron chi connectivity index (χ2n) is 10.9. The van der Waals surface area contributed by atoms with Gasteiger partial charge >= 0.3 is 33.5 Å². The summed E-state index contributed by atoms with van der Waals surface area (Å²) in [6.45, 7) is 12.0. The molecule has 3 aliphatic rings. The van der Waals surface area contributed by atoms with Gasteiger partial charge in [-0.2, -0.15) is 11.8 Å². The van der Waals surface area contributed by atoms with Crippen LogP contribution in [-0.2, 0) is 32.7 Å². The summed E-state index contributed by atoms with van der Waals surface area (Å²) in [6, 6.07) is 6.37. The minimum atomic E-state index is -3.58. The fraction of sp³-hybridized carbons (Fsp3) is 0.643. The molecule has 2 unspecified atom stereocenters. The van der Waals surface area contributed by atoms with E-state index in [4.69, 9.17) is 5.73 Å². The van der Waals surface area contributed by atoms with Crippen LogP contribution in [0.2, 0.25) is 0 Å². The molecule has 1 aromatic carbocycles. The Kier molecular flexibility index (Phi) is 15.1. The molecule has 4 rings (SSSR count). The Morgan fingerprint density at radius 2 is 1.68 bits per heavy atom. The van der Waals surface area contributed by atoms with Gasteiger partial charge in [0.15, 0.2) is 0 Å². The number of unbranched alkanes of at least 4 members (excludes halogenated alkanes) is 1. The predicted octanol–water partition coefficient (Wildman–Crippen LogP) is 4.52. The van der Waals surface area contributed by atoms with Crippen molar-refractivity contribution in [2.24, 2.45) is 23.5 Å². The maximum atomic E-state index is 12.1. The molecule has 0 bridgehead atoms. The molecule has 3 amide bonds. The summed E-state index contributed by atoms with van der Waals surface area (Å²) in [5, 5.41) is 9.08. The van der Waals surface area contributed by atoms with Crippen molar-refractivity contribution in [3.63, 3.8) is 0 Å². The third-order valence-electron chi connectivity index (χ3n) is 8.53. The second kappa shape index (κ2) is 17.2. The van der Waals surface area contributed by atoms with E-state index in [9.17, 15) is 18.0 Å². The number of allylic oxidation sites excluding steroid dienone is 2. The van der Waals surface area contributed by atoms with Crippen LogP contribution in [0.3, 0.4) is 0 Å². The molecule has 232 valence electrons. The Hall–Kier alpha value is -1.14. The van der Waals surface area contributed by atoms with Gasteiger partial charge in [-0.05, 0) is 68.7 Å². The maximum absolute atomic E-state index is 12.1. The van der Waals surface area contributed by atoms with E-state index in [0.717, 1.165) is 42.8 Å². The van der Waals surface area contributed by atoms with Gasteiger partial charge in [0.25, 0.3) is 0 Å². The van der Waals surface area contributed by atoms with E-state index >= 15 is 0 Å². The van der Waals surface area contributed by atoms with E-state index in [1.54, 1.807) is 23.3 Å². The first-order valence-electron chi connectivity index (χ1n) is 14.0. The number of hydrogen-bond acceptors (Lipinski definition) is 6. The van der Waals surface area contributed by atoms with E-state index in [2.05, 4.69) is 64.9 Å². The molecular formula is C28H45ClIrN5O4S2+2. The van der Waals surface area contributed by atoms with Crippen molar-refractivity contribution in [1.82, 2.24) is 15.4 Å². The zero-order chi connectivity index (χ0) is 30.7. The molecule has 5 atom stereocenters. The molecular weight excluding hydrogens is 762 g/mol. The normalized spacial score (nSPS) is 26.7. The number of halogens is 1. The predicted molar refractivity (Wildman–Crippen MR) is 165 cm³/mol. The van der Waals surface area contributed by atoms with Gasteiger partial charge in [-0.15, -0.1) is 0 Å². The molecule has 0 spiro atoms. The molecule has 2 saturated heterocycles. The summed E-state index contributed by atoms with van der Waals surface area (Å²) < 4.78 is 26.4. The van der Waals surface area contributed by atoms with Crippen molar-refractivity contribution < 1.29 is 35.9 Å². The van der Waals surface area contributed by atoms with Crippen molar-refractivity contribution in [3.05, 3.63) is 35.4 Å². The Morgan fingerprint density at radius 3 is 2.22 bits per heavy atom. The van der Waals surface area contributed by atoms with Crippen LogP contribution in [0.15, 0.2) is 40.3 Å². The van der Waals surface area contributed by atoms with E-state index in [0.29, 0.717) is 17.4 Å². The van der Waals surface area contributed by atoms with Gasteiger partial charge in [-0.3, -0.25) is 4.79 Å². The van der Waals surface area contributed by atoms with E-state index in [-0.39, 0.29) is 42.0 Å². The van der Waals surface area contributed by atoms with Crippen molar-refractivity contribution in [2.75, 3.05) is 24.2 Å². The summed E-state index contributed by atoms with van der Waals surface area (Å²) in [4.78, 5) is 23.7. The van der Waals surface area contributed by atoms with Gasteiger partial charge in [-0.25, -0.2) is 17.9 Å². The van der Waals surface area contributed by atoms with E-state index in [1.165, 1.54) is 30.0 Å². The number of sulfonamides is 1. The van der Waals surface area contributed by atoms with Crippen LogP contribution in [0.5, 0.6) is 0 Å². The van der Waals surface area contributed by atoms with Crippen molar-refractivity contribution in [3.8, 4) is 0 Å². The molecule has 1 aliphatic carbocycles. The summed E-state index contributed by atoms with van der Waals surface area (Å²) in [7, 11) is 1.06. The summed E-state index contributed by atoms with van der Waals surface area (Å²) in [5.74, 6) is 3.32. The van der Waals surface area contributed by atoms with E-state index in [1.807, 2.05) is 11.8 Å². The molecule has 9 nitrogen and oxygen atoms in total. The topological polar surface area (TPSA) is 142 Å². The number of nitrogens with one attached hydrogen (secondary N) is 4. The molecule has 41 heavy (non-hydrogen) atoms. The van der Waals surface area contributed by atoms with Gasteiger partial charge < -0.3 is 21.7 Å². The van der Waals surface area contributed by atoms with Crippen LogP contribution in [0.25, 0.3) is 0 Å². The molecule has 13 heteroatoms. The number of benzene rings is 1. The molecule has 2 fully saturated rings. The Morgan fingerprint density at radius 1 is 1.07 bits per heavy atom. The van der Waals surface area contributed by atoms with Crippen LogP contribution < -0.4 is 26.4 Å². The molecule has 6 N–H and O–H groups in total. The number of thioether (sulfide) groups is 1. The average molecular weight is 808 g/mol. The van der Waals surface area contributed by atoms with Crippen molar-refractivity contribution in [1.29, 1.82) is 0 Å². The number of carbonyl (C=O) groups is 2. The molecule has 0 radical (unpaired) electrons. The standard InChI is InChI=1S/C18H27N5O4S2.C10H18.ClH.Ir/c19-9-10-20-29(26,27)13-7-5-12(6-8-13)21-16(24)4-2-1-3-15-17-14(11-28-15)22-18(25)23-17;1-6-7(2)9(4)10(5)8(6)3;;/h5-8,14-15,17,20H,1-4,9-11,19H2,(H,21,24)(H2,22,23,25);6-8H,1-5H3;1H;/q;;;+3/p-1/t14-,15-,17-;;;/m0.../s1. The van der Waals surface area contributed by atoms with Gasteiger partial charge in [0, 0.05) is 36.2 Å². The van der Waals surface area contributed by atoms with Crippen LogP contribution >= 0.6 is 21.3 Å². The summed E-state index contributed by atoms with van der Waals surface area (Å²) >= 11 is 3.34. The average Bonchev–Trinajstić information content (AvgIpc) is 3.57. The number of rotatable bonds is 10. The Labute approximate surface area is 264 Å². The zero-order valence-electron chi connectivity index (χ0n) is 24.5. The number of urea groups is 1. The van der Waals surface area contributed by atoms with Crippen LogP contribution in [0.4, 0.5) is 10.5 Å².